The van der Waals surface area contributed by atoms with E-state index < -0.39 is 10.5 Å². The molecule has 0 aliphatic heterocycles. The molecule has 2 rings (SSSR count). The minimum absolute atomic E-state index is 0.111. The van der Waals surface area contributed by atoms with Crippen LogP contribution in [0.4, 0.5) is 11.4 Å². The summed E-state index contributed by atoms with van der Waals surface area (Å²) in [5.41, 5.74) is 3.09. The molecule has 0 saturated carbocycles. The average molecular weight is 335 g/mol. The molecular formula is C18H25NO3S+2. The zero-order chi connectivity index (χ0) is 17.1. The highest BCUT2D eigenvalue weighted by molar-refractivity contribution is 7.93. The molecule has 124 valence electrons. The van der Waals surface area contributed by atoms with Crippen molar-refractivity contribution in [3.63, 3.8) is 0 Å². The van der Waals surface area contributed by atoms with Gasteiger partial charge >= 0.3 is 10.5 Å². The standard InChI is InChI=1S/C18H23NO3S/c1-5-18(2,3)16-13-15(23(20,21)22-4)11-12-17(16)19-14-9-7-6-8-10-14/h6-13,19H,5H2,1-4H3/p+2. The number of nitrogens with two attached hydrogens (primary N) is 1. The highest BCUT2D eigenvalue weighted by Crippen LogP contribution is 2.34. The van der Waals surface area contributed by atoms with E-state index in [-0.39, 0.29) is 5.41 Å². The first kappa shape index (κ1) is 17.8. The van der Waals surface area contributed by atoms with Crippen LogP contribution in [-0.4, -0.2) is 11.7 Å². The second-order valence-corrected chi connectivity index (χ2v) is 7.94. The lowest BCUT2D eigenvalue weighted by atomic mass is 9.81. The van der Waals surface area contributed by atoms with E-state index in [1.54, 1.807) is 12.1 Å². The fraction of sp³-hybridized carbons (Fsp3) is 0.333. The van der Waals surface area contributed by atoms with Gasteiger partial charge in [-0.3, -0.25) is 5.32 Å². The number of benzene rings is 2. The molecule has 0 amide bonds. The molecule has 5 heteroatoms. The molecule has 0 saturated heterocycles. The Hall–Kier alpha value is -1.53. The van der Waals surface area contributed by atoms with Crippen molar-refractivity contribution in [3.05, 3.63) is 54.1 Å². The van der Waals surface area contributed by atoms with Gasteiger partial charge in [-0.05, 0) is 28.2 Å². The second kappa shape index (κ2) is 6.93. The van der Waals surface area contributed by atoms with Gasteiger partial charge < -0.3 is 0 Å². The van der Waals surface area contributed by atoms with Crippen LogP contribution in [0.25, 0.3) is 0 Å². The number of hydrogen-bond donors (Lipinski definition) is 2. The molecule has 4 nitrogen and oxygen atoms in total. The Labute approximate surface area is 139 Å². The van der Waals surface area contributed by atoms with Crippen molar-refractivity contribution >= 4 is 21.9 Å². The van der Waals surface area contributed by atoms with Crippen molar-refractivity contribution in [1.29, 1.82) is 0 Å². The Balaban J connectivity index is 2.52. The van der Waals surface area contributed by atoms with E-state index in [0.29, 0.717) is 4.90 Å². The van der Waals surface area contributed by atoms with Gasteiger partial charge in [0.25, 0.3) is 0 Å². The van der Waals surface area contributed by atoms with Crippen LogP contribution in [0.15, 0.2) is 53.4 Å². The maximum atomic E-state index is 12.1. The Kier molecular flexibility index (Phi) is 5.37. The van der Waals surface area contributed by atoms with Crippen LogP contribution in [0.2, 0.25) is 0 Å². The number of para-hydroxylation sites is 1. The number of quaternary nitrogens is 1. The normalized spacial score (nSPS) is 14.5. The smallest absolute Gasteiger partial charge is 0.281 e. The molecule has 0 fully saturated rings. The molecule has 0 aromatic heterocycles. The van der Waals surface area contributed by atoms with Crippen LogP contribution in [0, 0.1) is 0 Å². The maximum Gasteiger partial charge on any atom is 0.388 e. The van der Waals surface area contributed by atoms with Gasteiger partial charge in [-0.15, -0.1) is 4.18 Å². The van der Waals surface area contributed by atoms with Gasteiger partial charge in [0.05, 0.1) is 7.11 Å². The van der Waals surface area contributed by atoms with Gasteiger partial charge in [0, 0.05) is 23.8 Å². The van der Waals surface area contributed by atoms with Crippen LogP contribution >= 0.6 is 0 Å². The molecule has 2 aromatic carbocycles. The first-order chi connectivity index (χ1) is 10.8. The molecule has 0 aliphatic carbocycles. The Bertz CT molecular complexity index is 713. The minimum Gasteiger partial charge on any atom is -0.281 e. The van der Waals surface area contributed by atoms with E-state index in [4.69, 9.17) is 4.18 Å². The van der Waals surface area contributed by atoms with Crippen molar-refractivity contribution in [2.45, 2.75) is 37.5 Å². The highest BCUT2D eigenvalue weighted by Gasteiger charge is 2.34. The SMILES string of the molecule is CCC(C)(C)c1cc([S+](=O)(O)OC)ccc1[NH2+]c1ccccc1. The second-order valence-electron chi connectivity index (χ2n) is 6.18. The minimum atomic E-state index is -3.44. The molecule has 0 aliphatic rings. The van der Waals surface area contributed by atoms with Gasteiger partial charge in [0.1, 0.15) is 11.4 Å². The van der Waals surface area contributed by atoms with E-state index in [9.17, 15) is 8.76 Å². The van der Waals surface area contributed by atoms with E-state index in [1.165, 1.54) is 7.11 Å². The van der Waals surface area contributed by atoms with Crippen LogP contribution in [0.1, 0.15) is 32.8 Å². The molecule has 3 N–H and O–H groups in total. The molecule has 0 radical (unpaired) electrons. The van der Waals surface area contributed by atoms with E-state index in [1.807, 2.05) is 36.4 Å². The number of hydrogen-bond acceptors (Lipinski definition) is 2. The first-order valence-electron chi connectivity index (χ1n) is 7.67. The molecular weight excluding hydrogens is 310 g/mol. The lowest BCUT2D eigenvalue weighted by Gasteiger charge is -2.24. The summed E-state index contributed by atoms with van der Waals surface area (Å²) in [7, 11) is -2.20. The average Bonchev–Trinajstić information content (AvgIpc) is 2.56. The Morgan fingerprint density at radius 3 is 2.39 bits per heavy atom. The Morgan fingerprint density at radius 1 is 1.17 bits per heavy atom. The highest BCUT2D eigenvalue weighted by atomic mass is 32.3. The third kappa shape index (κ3) is 4.06. The fourth-order valence-electron chi connectivity index (χ4n) is 2.42. The predicted molar refractivity (Wildman–Crippen MR) is 93.4 cm³/mol. The van der Waals surface area contributed by atoms with Gasteiger partial charge in [0.2, 0.25) is 4.90 Å². The predicted octanol–water partition coefficient (Wildman–Crippen LogP) is 3.79. The summed E-state index contributed by atoms with van der Waals surface area (Å²) in [5.74, 6) is 0. The molecule has 23 heavy (non-hydrogen) atoms. The van der Waals surface area contributed by atoms with Crippen LogP contribution in [0.5, 0.6) is 0 Å². The zero-order valence-electron chi connectivity index (χ0n) is 14.1. The van der Waals surface area contributed by atoms with Gasteiger partial charge in [-0.2, -0.15) is 4.55 Å². The summed E-state index contributed by atoms with van der Waals surface area (Å²) < 4.78 is 26.8. The van der Waals surface area contributed by atoms with Crippen molar-refractivity contribution in [1.82, 2.24) is 0 Å². The molecule has 0 heterocycles. The largest absolute Gasteiger partial charge is 0.388 e. The van der Waals surface area contributed by atoms with E-state index in [0.717, 1.165) is 23.4 Å². The topological polar surface area (TPSA) is 63.1 Å². The lowest BCUT2D eigenvalue weighted by Crippen LogP contribution is -2.71. The summed E-state index contributed by atoms with van der Waals surface area (Å²) in [5, 5.41) is 2.10. The lowest BCUT2D eigenvalue weighted by molar-refractivity contribution is -0.479. The van der Waals surface area contributed by atoms with E-state index in [2.05, 4.69) is 26.1 Å². The molecule has 1 unspecified atom stereocenters. The van der Waals surface area contributed by atoms with Crippen molar-refractivity contribution < 1.29 is 18.3 Å². The summed E-state index contributed by atoms with van der Waals surface area (Å²) >= 11 is 0. The summed E-state index contributed by atoms with van der Waals surface area (Å²) in [6, 6.07) is 15.4. The fourth-order valence-corrected chi connectivity index (χ4v) is 3.12. The van der Waals surface area contributed by atoms with Gasteiger partial charge in [0.15, 0.2) is 0 Å². The maximum absolute atomic E-state index is 12.1. The molecule has 0 spiro atoms. The van der Waals surface area contributed by atoms with Crippen LogP contribution in [0.3, 0.4) is 0 Å². The van der Waals surface area contributed by atoms with Crippen molar-refractivity contribution in [3.8, 4) is 0 Å². The van der Waals surface area contributed by atoms with Crippen LogP contribution < -0.4 is 5.32 Å². The Morgan fingerprint density at radius 2 is 1.83 bits per heavy atom. The molecule has 0 bridgehead atoms. The summed E-state index contributed by atoms with van der Waals surface area (Å²) in [4.78, 5) is 0.307. The molecule has 2 aromatic rings. The number of rotatable bonds is 6. The van der Waals surface area contributed by atoms with Crippen LogP contribution in [-0.2, 0) is 24.3 Å². The zero-order valence-corrected chi connectivity index (χ0v) is 14.9. The summed E-state index contributed by atoms with van der Waals surface area (Å²) in [6.45, 7) is 6.40. The van der Waals surface area contributed by atoms with Gasteiger partial charge in [-0.1, -0.05) is 39.0 Å². The third-order valence-corrected chi connectivity index (χ3v) is 5.58. The van der Waals surface area contributed by atoms with Crippen molar-refractivity contribution in [2.75, 3.05) is 7.11 Å². The first-order valence-corrected chi connectivity index (χ1v) is 9.11. The van der Waals surface area contributed by atoms with E-state index >= 15 is 0 Å². The quantitative estimate of drug-likeness (QED) is 0.623. The monoisotopic (exact) mass is 335 g/mol. The van der Waals surface area contributed by atoms with Gasteiger partial charge in [-0.25, -0.2) is 0 Å². The third-order valence-electron chi connectivity index (χ3n) is 4.28. The van der Waals surface area contributed by atoms with Crippen molar-refractivity contribution in [2.24, 2.45) is 0 Å². The summed E-state index contributed by atoms with van der Waals surface area (Å²) in [6.07, 6.45) is 0.922. The molecule has 1 atom stereocenters.